The lowest BCUT2D eigenvalue weighted by atomic mass is 10.2. The molecule has 1 N–H and O–H groups in total. The summed E-state index contributed by atoms with van der Waals surface area (Å²) in [5.74, 6) is -0.493. The molecule has 0 saturated heterocycles. The third-order valence-electron chi connectivity index (χ3n) is 3.98. The zero-order valence-corrected chi connectivity index (χ0v) is 15.7. The maximum Gasteiger partial charge on any atom is 0.332 e. The van der Waals surface area contributed by atoms with Crippen LogP contribution in [0.4, 0.5) is 5.69 Å². The standard InChI is InChI=1S/C16H12Cl2N6O3/c1-22-13-12(14(26)23(2)16(22)27)24(15(18)21-13)7-11(25)20-9-4-3-8(6-19)10(17)5-9/h3-5H,7H2,1-2H3,(H,20,25). The number of hydrogen-bond acceptors (Lipinski definition) is 5. The monoisotopic (exact) mass is 406 g/mol. The molecule has 9 nitrogen and oxygen atoms in total. The van der Waals surface area contributed by atoms with Gasteiger partial charge >= 0.3 is 5.69 Å². The predicted molar refractivity (Wildman–Crippen MR) is 100 cm³/mol. The zero-order chi connectivity index (χ0) is 19.9. The largest absolute Gasteiger partial charge is 0.332 e. The molecule has 0 spiro atoms. The van der Waals surface area contributed by atoms with Crippen LogP contribution >= 0.6 is 23.2 Å². The van der Waals surface area contributed by atoms with Crippen molar-refractivity contribution >= 4 is 46.0 Å². The number of halogens is 2. The van der Waals surface area contributed by atoms with Gasteiger partial charge < -0.3 is 5.32 Å². The van der Waals surface area contributed by atoms with E-state index in [1.165, 1.54) is 41.4 Å². The van der Waals surface area contributed by atoms with Crippen LogP contribution in [0.2, 0.25) is 10.3 Å². The maximum atomic E-state index is 12.4. The number of nitrogens with zero attached hydrogens (tertiary/aromatic N) is 5. The molecule has 0 fully saturated rings. The van der Waals surface area contributed by atoms with E-state index in [1.54, 1.807) is 0 Å². The number of amides is 1. The summed E-state index contributed by atoms with van der Waals surface area (Å²) >= 11 is 12.0. The number of carbonyl (C=O) groups excluding carboxylic acids is 1. The number of hydrogen-bond donors (Lipinski definition) is 1. The van der Waals surface area contributed by atoms with Crippen LogP contribution in [0.25, 0.3) is 11.2 Å². The molecule has 0 atom stereocenters. The fraction of sp³-hybridized carbons (Fsp3) is 0.188. The number of aryl methyl sites for hydroxylation is 1. The van der Waals surface area contributed by atoms with Crippen LogP contribution in [0.5, 0.6) is 0 Å². The summed E-state index contributed by atoms with van der Waals surface area (Å²) in [6.45, 7) is -0.305. The van der Waals surface area contributed by atoms with Crippen LogP contribution < -0.4 is 16.6 Å². The average molecular weight is 407 g/mol. The minimum atomic E-state index is -0.610. The first kappa shape index (κ1) is 18.7. The van der Waals surface area contributed by atoms with Crippen molar-refractivity contribution in [3.05, 3.63) is 54.9 Å². The number of imidazole rings is 1. The first-order chi connectivity index (χ1) is 12.7. The number of rotatable bonds is 3. The van der Waals surface area contributed by atoms with Gasteiger partial charge in [0, 0.05) is 19.8 Å². The van der Waals surface area contributed by atoms with Crippen molar-refractivity contribution in [3.8, 4) is 6.07 Å². The first-order valence-corrected chi connectivity index (χ1v) is 8.31. The quantitative estimate of drug-likeness (QED) is 0.657. The highest BCUT2D eigenvalue weighted by Gasteiger charge is 2.20. The van der Waals surface area contributed by atoms with Gasteiger partial charge in [-0.1, -0.05) is 11.6 Å². The van der Waals surface area contributed by atoms with Gasteiger partial charge in [-0.15, -0.1) is 0 Å². The number of anilines is 1. The van der Waals surface area contributed by atoms with Crippen molar-refractivity contribution < 1.29 is 4.79 Å². The molecule has 27 heavy (non-hydrogen) atoms. The van der Waals surface area contributed by atoms with E-state index < -0.39 is 17.2 Å². The third-order valence-corrected chi connectivity index (χ3v) is 4.58. The fourth-order valence-electron chi connectivity index (χ4n) is 2.59. The van der Waals surface area contributed by atoms with Gasteiger partial charge in [0.1, 0.15) is 12.6 Å². The summed E-state index contributed by atoms with van der Waals surface area (Å²) in [4.78, 5) is 40.8. The Morgan fingerprint density at radius 2 is 1.96 bits per heavy atom. The van der Waals surface area contributed by atoms with E-state index in [1.807, 2.05) is 6.07 Å². The number of aromatic nitrogens is 4. The Balaban J connectivity index is 1.97. The molecular weight excluding hydrogens is 395 g/mol. The Bertz CT molecular complexity index is 1250. The van der Waals surface area contributed by atoms with Gasteiger partial charge in [0.05, 0.1) is 10.6 Å². The normalized spacial score (nSPS) is 10.8. The van der Waals surface area contributed by atoms with Crippen molar-refractivity contribution in [3.63, 3.8) is 0 Å². The number of nitriles is 1. The lowest BCUT2D eigenvalue weighted by molar-refractivity contribution is -0.116. The van der Waals surface area contributed by atoms with Crippen molar-refractivity contribution in [1.82, 2.24) is 18.7 Å². The molecule has 2 aromatic heterocycles. The second-order valence-corrected chi connectivity index (χ2v) is 6.44. The summed E-state index contributed by atoms with van der Waals surface area (Å²) in [5.41, 5.74) is -0.375. The topological polar surface area (TPSA) is 115 Å². The minimum absolute atomic E-state index is 0.0395. The van der Waals surface area contributed by atoms with E-state index in [4.69, 9.17) is 28.5 Å². The number of carbonyl (C=O) groups is 1. The van der Waals surface area contributed by atoms with Crippen LogP contribution in [0.15, 0.2) is 27.8 Å². The highest BCUT2D eigenvalue weighted by Crippen LogP contribution is 2.21. The lowest BCUT2D eigenvalue weighted by Crippen LogP contribution is -2.37. The predicted octanol–water partition coefficient (Wildman–Crippen LogP) is 1.25. The van der Waals surface area contributed by atoms with E-state index in [0.29, 0.717) is 5.69 Å². The van der Waals surface area contributed by atoms with Crippen LogP contribution in [-0.2, 0) is 25.4 Å². The van der Waals surface area contributed by atoms with E-state index in [9.17, 15) is 14.4 Å². The Kier molecular flexibility index (Phi) is 4.78. The summed E-state index contributed by atoms with van der Waals surface area (Å²) in [6, 6.07) is 6.36. The van der Waals surface area contributed by atoms with Gasteiger partial charge in [-0.3, -0.25) is 23.3 Å². The molecule has 11 heteroatoms. The highest BCUT2D eigenvalue weighted by atomic mass is 35.5. The van der Waals surface area contributed by atoms with Crippen molar-refractivity contribution in [2.24, 2.45) is 14.1 Å². The Labute approximate surface area is 162 Å². The van der Waals surface area contributed by atoms with Gasteiger partial charge in [0.2, 0.25) is 11.2 Å². The molecule has 138 valence electrons. The summed E-state index contributed by atoms with van der Waals surface area (Å²) in [7, 11) is 2.78. The smallest absolute Gasteiger partial charge is 0.324 e. The van der Waals surface area contributed by atoms with E-state index in [-0.39, 0.29) is 33.6 Å². The summed E-state index contributed by atoms with van der Waals surface area (Å²) < 4.78 is 3.31. The Hall–Kier alpha value is -3.09. The highest BCUT2D eigenvalue weighted by molar-refractivity contribution is 6.32. The number of fused-ring (bicyclic) bond motifs is 1. The van der Waals surface area contributed by atoms with Crippen molar-refractivity contribution in [2.45, 2.75) is 6.54 Å². The lowest BCUT2D eigenvalue weighted by Gasteiger charge is -2.09. The summed E-state index contributed by atoms with van der Waals surface area (Å²) in [6.07, 6.45) is 0. The first-order valence-electron chi connectivity index (χ1n) is 7.56. The Morgan fingerprint density at radius 1 is 1.26 bits per heavy atom. The van der Waals surface area contributed by atoms with E-state index in [2.05, 4.69) is 10.3 Å². The average Bonchev–Trinajstić information content (AvgIpc) is 2.95. The second-order valence-electron chi connectivity index (χ2n) is 5.70. The number of nitrogens with one attached hydrogen (secondary N) is 1. The zero-order valence-electron chi connectivity index (χ0n) is 14.2. The van der Waals surface area contributed by atoms with E-state index in [0.717, 1.165) is 4.57 Å². The SMILES string of the molecule is Cn1c(=O)c2c(nc(Cl)n2CC(=O)Nc2ccc(C#N)c(Cl)c2)n(C)c1=O. The van der Waals surface area contributed by atoms with Crippen LogP contribution in [-0.4, -0.2) is 24.6 Å². The van der Waals surface area contributed by atoms with Gasteiger partial charge in [-0.25, -0.2) is 4.79 Å². The molecule has 0 aliphatic heterocycles. The molecule has 0 bridgehead atoms. The molecule has 1 aromatic carbocycles. The van der Waals surface area contributed by atoms with Crippen molar-refractivity contribution in [1.29, 1.82) is 5.26 Å². The molecular formula is C16H12Cl2N6O3. The Morgan fingerprint density at radius 3 is 2.59 bits per heavy atom. The van der Waals surface area contributed by atoms with Crippen LogP contribution in [0.3, 0.4) is 0 Å². The second kappa shape index (κ2) is 6.90. The van der Waals surface area contributed by atoms with Crippen LogP contribution in [0, 0.1) is 11.3 Å². The molecule has 3 rings (SSSR count). The van der Waals surface area contributed by atoms with E-state index >= 15 is 0 Å². The molecule has 0 radical (unpaired) electrons. The summed E-state index contributed by atoms with van der Waals surface area (Å²) in [5, 5.41) is 11.6. The van der Waals surface area contributed by atoms with Gasteiger partial charge in [0.25, 0.3) is 5.56 Å². The third kappa shape index (κ3) is 3.20. The van der Waals surface area contributed by atoms with Gasteiger partial charge in [-0.05, 0) is 29.8 Å². The van der Waals surface area contributed by atoms with Crippen LogP contribution in [0.1, 0.15) is 5.56 Å². The molecule has 0 saturated carbocycles. The minimum Gasteiger partial charge on any atom is -0.324 e. The fourth-order valence-corrected chi connectivity index (χ4v) is 3.04. The molecule has 0 aliphatic carbocycles. The maximum absolute atomic E-state index is 12.4. The molecule has 3 aromatic rings. The molecule has 1 amide bonds. The molecule has 0 unspecified atom stereocenters. The van der Waals surface area contributed by atoms with Gasteiger partial charge in [0.15, 0.2) is 11.2 Å². The van der Waals surface area contributed by atoms with Gasteiger partial charge in [-0.2, -0.15) is 10.2 Å². The molecule has 0 aliphatic rings. The number of benzene rings is 1. The molecule has 2 heterocycles. The van der Waals surface area contributed by atoms with Crippen molar-refractivity contribution in [2.75, 3.05) is 5.32 Å².